The van der Waals surface area contributed by atoms with Crippen LogP contribution in [0.15, 0.2) is 55.1 Å². The minimum Gasteiger partial charge on any atom is -0.493 e. The van der Waals surface area contributed by atoms with Crippen LogP contribution in [0.5, 0.6) is 5.75 Å². The van der Waals surface area contributed by atoms with E-state index in [4.69, 9.17) is 4.74 Å². The largest absolute Gasteiger partial charge is 0.493 e. The molecule has 3 unspecified atom stereocenters. The molecule has 0 spiro atoms. The summed E-state index contributed by atoms with van der Waals surface area (Å²) in [6, 6.07) is 12.4. The van der Waals surface area contributed by atoms with Crippen molar-refractivity contribution in [3.63, 3.8) is 0 Å². The van der Waals surface area contributed by atoms with Crippen LogP contribution in [0.25, 0.3) is 17.3 Å². The Bertz CT molecular complexity index is 775. The Kier molecular flexibility index (Phi) is 3.97. The lowest BCUT2D eigenvalue weighted by Gasteiger charge is -2.18. The maximum absolute atomic E-state index is 6.03. The van der Waals surface area contributed by atoms with Crippen LogP contribution in [-0.4, -0.2) is 11.6 Å². The molecular weight excluding hydrogens is 294 g/mol. The molecule has 2 bridgehead atoms. The van der Waals surface area contributed by atoms with Crippen LogP contribution in [-0.2, 0) is 0 Å². The molecule has 2 aliphatic carbocycles. The second-order valence-electron chi connectivity index (χ2n) is 6.95. The van der Waals surface area contributed by atoms with E-state index in [1.165, 1.54) is 12.8 Å². The van der Waals surface area contributed by atoms with Crippen LogP contribution in [0.2, 0.25) is 0 Å². The van der Waals surface area contributed by atoms with Gasteiger partial charge in [-0.1, -0.05) is 30.9 Å². The fourth-order valence-corrected chi connectivity index (χ4v) is 3.96. The molecule has 0 aliphatic heterocycles. The summed E-state index contributed by atoms with van der Waals surface area (Å²) in [4.78, 5) is 4.66. The van der Waals surface area contributed by atoms with Crippen molar-refractivity contribution in [1.82, 2.24) is 4.98 Å². The number of fused-ring (bicyclic) bond motifs is 2. The molecule has 1 aromatic heterocycles. The number of hydrogen-bond acceptors (Lipinski definition) is 2. The van der Waals surface area contributed by atoms with E-state index in [1.54, 1.807) is 0 Å². The van der Waals surface area contributed by atoms with Crippen molar-refractivity contribution >= 4 is 6.08 Å². The van der Waals surface area contributed by atoms with E-state index in [9.17, 15) is 0 Å². The molecule has 122 valence electrons. The van der Waals surface area contributed by atoms with Gasteiger partial charge >= 0.3 is 0 Å². The monoisotopic (exact) mass is 317 g/mol. The molecule has 4 rings (SSSR count). The van der Waals surface area contributed by atoms with Gasteiger partial charge in [0, 0.05) is 11.3 Å². The number of benzene rings is 1. The van der Waals surface area contributed by atoms with Crippen LogP contribution >= 0.6 is 0 Å². The molecule has 1 saturated carbocycles. The molecule has 2 heteroatoms. The fraction of sp³-hybridized carbons (Fsp3) is 0.318. The summed E-state index contributed by atoms with van der Waals surface area (Å²) >= 11 is 0. The van der Waals surface area contributed by atoms with Gasteiger partial charge in [0.25, 0.3) is 0 Å². The summed E-state index contributed by atoms with van der Waals surface area (Å²) in [5.74, 6) is 3.18. The van der Waals surface area contributed by atoms with Crippen molar-refractivity contribution in [2.45, 2.75) is 19.8 Å². The summed E-state index contributed by atoms with van der Waals surface area (Å²) in [7, 11) is 0. The van der Waals surface area contributed by atoms with E-state index in [1.807, 2.05) is 19.1 Å². The number of aromatic nitrogens is 1. The van der Waals surface area contributed by atoms with Crippen LogP contribution in [0.1, 0.15) is 24.1 Å². The molecule has 2 aliphatic rings. The van der Waals surface area contributed by atoms with Crippen molar-refractivity contribution in [3.8, 4) is 17.0 Å². The third kappa shape index (κ3) is 2.89. The highest BCUT2D eigenvalue weighted by molar-refractivity contribution is 5.62. The molecule has 0 saturated heterocycles. The lowest BCUT2D eigenvalue weighted by atomic mass is 9.95. The average molecular weight is 317 g/mol. The third-order valence-corrected chi connectivity index (χ3v) is 5.38. The Labute approximate surface area is 143 Å². The molecule has 1 fully saturated rings. The van der Waals surface area contributed by atoms with Gasteiger partial charge in [-0.2, -0.15) is 0 Å². The summed E-state index contributed by atoms with van der Waals surface area (Å²) in [6.07, 6.45) is 9.22. The van der Waals surface area contributed by atoms with Gasteiger partial charge in [-0.05, 0) is 73.4 Å². The first kappa shape index (κ1) is 15.2. The zero-order chi connectivity index (χ0) is 16.5. The minimum atomic E-state index is 0.690. The Balaban J connectivity index is 1.42. The maximum Gasteiger partial charge on any atom is 0.119 e. The Morgan fingerprint density at radius 1 is 1.12 bits per heavy atom. The van der Waals surface area contributed by atoms with Crippen LogP contribution in [0, 0.1) is 24.7 Å². The van der Waals surface area contributed by atoms with Gasteiger partial charge in [-0.15, -0.1) is 0 Å². The number of hydrogen-bond donors (Lipinski definition) is 0. The second kappa shape index (κ2) is 6.27. The molecule has 0 N–H and O–H groups in total. The summed E-state index contributed by atoms with van der Waals surface area (Å²) in [5.41, 5.74) is 4.19. The lowest BCUT2D eigenvalue weighted by Crippen LogP contribution is -2.16. The van der Waals surface area contributed by atoms with E-state index in [0.29, 0.717) is 5.92 Å². The second-order valence-corrected chi connectivity index (χ2v) is 6.95. The van der Waals surface area contributed by atoms with Gasteiger partial charge in [-0.25, -0.2) is 0 Å². The smallest absolute Gasteiger partial charge is 0.119 e. The zero-order valence-corrected chi connectivity index (χ0v) is 14.1. The van der Waals surface area contributed by atoms with Crippen molar-refractivity contribution in [2.24, 2.45) is 17.8 Å². The number of allylic oxidation sites excluding steroid dienone is 2. The number of nitrogens with zero attached hydrogens (tertiary/aromatic N) is 1. The van der Waals surface area contributed by atoms with Crippen LogP contribution in [0.3, 0.4) is 0 Å². The maximum atomic E-state index is 6.03. The van der Waals surface area contributed by atoms with E-state index in [0.717, 1.165) is 46.7 Å². The van der Waals surface area contributed by atoms with Crippen molar-refractivity contribution in [3.05, 3.63) is 66.4 Å². The summed E-state index contributed by atoms with van der Waals surface area (Å²) < 4.78 is 6.03. The SMILES string of the molecule is C=Cc1ccc(-c2ccc(OCC3CC4C=CC3C4)cc2)nc1C. The van der Waals surface area contributed by atoms with E-state index >= 15 is 0 Å². The van der Waals surface area contributed by atoms with Gasteiger partial charge in [0.2, 0.25) is 0 Å². The van der Waals surface area contributed by atoms with Crippen molar-refractivity contribution in [1.29, 1.82) is 0 Å². The van der Waals surface area contributed by atoms with Gasteiger partial charge < -0.3 is 4.74 Å². The first-order valence-electron chi connectivity index (χ1n) is 8.74. The van der Waals surface area contributed by atoms with Crippen LogP contribution < -0.4 is 4.74 Å². The van der Waals surface area contributed by atoms with Gasteiger partial charge in [0.1, 0.15) is 5.75 Å². The average Bonchev–Trinajstić information content (AvgIpc) is 3.23. The molecule has 0 radical (unpaired) electrons. The Morgan fingerprint density at radius 2 is 1.96 bits per heavy atom. The van der Waals surface area contributed by atoms with Crippen molar-refractivity contribution < 1.29 is 4.74 Å². The Morgan fingerprint density at radius 3 is 2.58 bits per heavy atom. The summed E-state index contributed by atoms with van der Waals surface area (Å²) in [5, 5.41) is 0. The first-order valence-corrected chi connectivity index (χ1v) is 8.74. The van der Waals surface area contributed by atoms with E-state index in [2.05, 4.69) is 54.0 Å². The highest BCUT2D eigenvalue weighted by Crippen LogP contribution is 2.43. The topological polar surface area (TPSA) is 22.1 Å². The van der Waals surface area contributed by atoms with Crippen molar-refractivity contribution in [2.75, 3.05) is 6.61 Å². The predicted molar refractivity (Wildman–Crippen MR) is 98.8 cm³/mol. The van der Waals surface area contributed by atoms with Gasteiger partial charge in [0.15, 0.2) is 0 Å². The highest BCUT2D eigenvalue weighted by Gasteiger charge is 2.35. The number of pyridine rings is 1. The standard InChI is InChI=1S/C22H23NO/c1-3-17-8-11-22(23-15(17)2)18-6-9-21(10-7-18)24-14-20-13-16-4-5-19(20)12-16/h3-11,16,19-20H,1,12-14H2,2H3. The minimum absolute atomic E-state index is 0.690. The fourth-order valence-electron chi connectivity index (χ4n) is 3.96. The summed E-state index contributed by atoms with van der Waals surface area (Å²) in [6.45, 7) is 6.66. The molecule has 0 amide bonds. The quantitative estimate of drug-likeness (QED) is 0.699. The predicted octanol–water partition coefficient (Wildman–Crippen LogP) is 5.29. The van der Waals surface area contributed by atoms with E-state index < -0.39 is 0 Å². The Hall–Kier alpha value is -2.35. The van der Waals surface area contributed by atoms with Crippen LogP contribution in [0.4, 0.5) is 0 Å². The zero-order valence-electron chi connectivity index (χ0n) is 14.1. The van der Waals surface area contributed by atoms with Gasteiger partial charge in [-0.3, -0.25) is 4.98 Å². The number of rotatable bonds is 5. The first-order chi connectivity index (χ1) is 11.7. The lowest BCUT2D eigenvalue weighted by molar-refractivity contribution is 0.228. The number of ether oxygens (including phenoxy) is 1. The highest BCUT2D eigenvalue weighted by atomic mass is 16.5. The number of aryl methyl sites for hydroxylation is 1. The third-order valence-electron chi connectivity index (χ3n) is 5.38. The van der Waals surface area contributed by atoms with Gasteiger partial charge in [0.05, 0.1) is 12.3 Å². The normalized spacial score (nSPS) is 24.3. The molecule has 2 aromatic rings. The molecular formula is C22H23NO. The van der Waals surface area contributed by atoms with E-state index in [-0.39, 0.29) is 0 Å². The molecule has 1 aromatic carbocycles. The molecule has 1 heterocycles. The molecule has 24 heavy (non-hydrogen) atoms. The molecule has 2 nitrogen and oxygen atoms in total. The molecule has 3 atom stereocenters.